The number of esters is 2. The fourth-order valence-electron chi connectivity index (χ4n) is 12.1. The molecular formula is C83H154NO8P. The molecule has 9 nitrogen and oxygen atoms in total. The first kappa shape index (κ1) is 90.5. The average Bonchev–Trinajstić information content (AvgIpc) is 3.04. The molecule has 0 aliphatic rings. The maximum atomic E-state index is 12.8. The number of carbonyl (C=O) groups is 2. The number of hydrogen-bond donors (Lipinski definition) is 2. The van der Waals surface area contributed by atoms with E-state index in [2.05, 4.69) is 86.8 Å². The molecule has 0 spiro atoms. The molecule has 0 heterocycles. The summed E-state index contributed by atoms with van der Waals surface area (Å²) < 4.78 is 33.3. The fraction of sp³-hybridized carbons (Fsp3) is 0.831. The number of phosphoric acid groups is 1. The summed E-state index contributed by atoms with van der Waals surface area (Å²) in [6.07, 6.45) is 105. The van der Waals surface area contributed by atoms with E-state index in [1.54, 1.807) is 0 Å². The summed E-state index contributed by atoms with van der Waals surface area (Å²) in [7, 11) is -4.40. The Kier molecular flexibility index (Phi) is 76.3. The van der Waals surface area contributed by atoms with Crippen LogP contribution in [0.4, 0.5) is 0 Å². The van der Waals surface area contributed by atoms with Crippen LogP contribution in [0, 0.1) is 0 Å². The summed E-state index contributed by atoms with van der Waals surface area (Å²) in [5.41, 5.74) is 5.42. The van der Waals surface area contributed by atoms with E-state index >= 15 is 0 Å². The smallest absolute Gasteiger partial charge is 0.462 e. The summed E-state index contributed by atoms with van der Waals surface area (Å²) in [4.78, 5) is 35.5. The van der Waals surface area contributed by atoms with E-state index in [1.165, 1.54) is 315 Å². The lowest BCUT2D eigenvalue weighted by Crippen LogP contribution is -2.29. The SMILES string of the molecule is CC/C=C\C/C=C\C/C=C\C/C=C\CCCCCCCCCCCCCCCCCCCCCCCCCCC(=O)OC(COC(=O)CCCCCCCCCCCCCCCCCCCCCCCCC/C=C\C/C=C\CCCCCCC)COP(=O)(O)OCCN. The topological polar surface area (TPSA) is 134 Å². The molecule has 93 heavy (non-hydrogen) atoms. The van der Waals surface area contributed by atoms with Crippen LogP contribution in [0.15, 0.2) is 72.9 Å². The van der Waals surface area contributed by atoms with Gasteiger partial charge in [0.05, 0.1) is 13.2 Å². The third-order valence-electron chi connectivity index (χ3n) is 18.1. The van der Waals surface area contributed by atoms with E-state index in [0.29, 0.717) is 6.42 Å². The minimum atomic E-state index is -4.40. The van der Waals surface area contributed by atoms with Gasteiger partial charge in [0.15, 0.2) is 6.10 Å². The summed E-state index contributed by atoms with van der Waals surface area (Å²) in [6, 6.07) is 0. The van der Waals surface area contributed by atoms with Crippen LogP contribution in [0.1, 0.15) is 412 Å². The molecule has 0 amide bonds. The molecule has 10 heteroatoms. The number of nitrogens with two attached hydrogens (primary N) is 1. The minimum absolute atomic E-state index is 0.0552. The van der Waals surface area contributed by atoms with Gasteiger partial charge in [-0.2, -0.15) is 0 Å². The van der Waals surface area contributed by atoms with Crippen LogP contribution in [-0.2, 0) is 32.7 Å². The molecule has 0 bridgehead atoms. The van der Waals surface area contributed by atoms with Crippen molar-refractivity contribution in [3.05, 3.63) is 72.9 Å². The van der Waals surface area contributed by atoms with Gasteiger partial charge in [-0.05, 0) is 83.5 Å². The van der Waals surface area contributed by atoms with Crippen LogP contribution in [0.3, 0.4) is 0 Å². The third-order valence-corrected chi connectivity index (χ3v) is 19.1. The Morgan fingerprint density at radius 1 is 0.333 bits per heavy atom. The van der Waals surface area contributed by atoms with Gasteiger partial charge in [-0.15, -0.1) is 0 Å². The van der Waals surface area contributed by atoms with Crippen LogP contribution in [0.25, 0.3) is 0 Å². The Balaban J connectivity index is 3.75. The number of hydrogen-bond acceptors (Lipinski definition) is 8. The quantitative estimate of drug-likeness (QED) is 0.0264. The minimum Gasteiger partial charge on any atom is -0.462 e. The van der Waals surface area contributed by atoms with Crippen LogP contribution in [-0.4, -0.2) is 49.3 Å². The van der Waals surface area contributed by atoms with Gasteiger partial charge in [-0.3, -0.25) is 18.6 Å². The van der Waals surface area contributed by atoms with Crippen molar-refractivity contribution in [2.75, 3.05) is 26.4 Å². The molecular weight excluding hydrogens is 1170 g/mol. The Bertz CT molecular complexity index is 1760. The van der Waals surface area contributed by atoms with Gasteiger partial charge in [0.2, 0.25) is 0 Å². The number of phosphoric ester groups is 1. The Morgan fingerprint density at radius 2 is 0.591 bits per heavy atom. The lowest BCUT2D eigenvalue weighted by atomic mass is 10.0. The lowest BCUT2D eigenvalue weighted by molar-refractivity contribution is -0.161. The number of carbonyl (C=O) groups excluding carboxylic acids is 2. The summed E-state index contributed by atoms with van der Waals surface area (Å²) >= 11 is 0. The highest BCUT2D eigenvalue weighted by Gasteiger charge is 2.26. The van der Waals surface area contributed by atoms with Crippen molar-refractivity contribution in [3.63, 3.8) is 0 Å². The molecule has 0 saturated carbocycles. The van der Waals surface area contributed by atoms with E-state index < -0.39 is 26.5 Å². The van der Waals surface area contributed by atoms with Gasteiger partial charge < -0.3 is 20.1 Å². The summed E-state index contributed by atoms with van der Waals surface area (Å²) in [5.74, 6) is -0.804. The third kappa shape index (κ3) is 78.3. The zero-order valence-corrected chi connectivity index (χ0v) is 62.4. The molecule has 0 aliphatic carbocycles. The van der Waals surface area contributed by atoms with Crippen LogP contribution < -0.4 is 5.73 Å². The second-order valence-electron chi connectivity index (χ2n) is 27.3. The Hall–Kier alpha value is -2.55. The molecule has 0 radical (unpaired) electrons. The molecule has 2 unspecified atom stereocenters. The zero-order chi connectivity index (χ0) is 67.2. The molecule has 0 saturated heterocycles. The normalized spacial score (nSPS) is 13.2. The molecule has 0 aromatic heterocycles. The Morgan fingerprint density at radius 3 is 0.882 bits per heavy atom. The first-order valence-electron chi connectivity index (χ1n) is 40.4. The molecule has 2 atom stereocenters. The van der Waals surface area contributed by atoms with Crippen molar-refractivity contribution in [1.82, 2.24) is 0 Å². The van der Waals surface area contributed by atoms with Crippen LogP contribution >= 0.6 is 7.82 Å². The number of rotatable bonds is 77. The van der Waals surface area contributed by atoms with E-state index in [9.17, 15) is 19.0 Å². The van der Waals surface area contributed by atoms with Crippen molar-refractivity contribution >= 4 is 19.8 Å². The van der Waals surface area contributed by atoms with Crippen molar-refractivity contribution in [3.8, 4) is 0 Å². The highest BCUT2D eigenvalue weighted by atomic mass is 31.2. The number of allylic oxidation sites excluding steroid dienone is 12. The predicted octanol–water partition coefficient (Wildman–Crippen LogP) is 27.1. The van der Waals surface area contributed by atoms with E-state index in [0.717, 1.165) is 64.2 Å². The zero-order valence-electron chi connectivity index (χ0n) is 61.5. The van der Waals surface area contributed by atoms with E-state index in [-0.39, 0.29) is 38.6 Å². The highest BCUT2D eigenvalue weighted by molar-refractivity contribution is 7.47. The summed E-state index contributed by atoms with van der Waals surface area (Å²) in [6.45, 7) is 3.69. The van der Waals surface area contributed by atoms with Gasteiger partial charge in [0.1, 0.15) is 6.61 Å². The van der Waals surface area contributed by atoms with Crippen molar-refractivity contribution < 1.29 is 37.6 Å². The first-order valence-corrected chi connectivity index (χ1v) is 41.9. The van der Waals surface area contributed by atoms with Crippen LogP contribution in [0.2, 0.25) is 0 Å². The van der Waals surface area contributed by atoms with Gasteiger partial charge in [-0.25, -0.2) is 4.57 Å². The molecule has 3 N–H and O–H groups in total. The van der Waals surface area contributed by atoms with Gasteiger partial charge in [-0.1, -0.05) is 389 Å². The van der Waals surface area contributed by atoms with Crippen molar-refractivity contribution in [2.45, 2.75) is 418 Å². The number of ether oxygens (including phenoxy) is 2. The molecule has 0 rings (SSSR count). The second kappa shape index (κ2) is 78.4. The van der Waals surface area contributed by atoms with Gasteiger partial charge in [0, 0.05) is 19.4 Å². The maximum absolute atomic E-state index is 12.8. The van der Waals surface area contributed by atoms with Gasteiger partial charge >= 0.3 is 19.8 Å². The molecule has 0 aliphatic heterocycles. The van der Waals surface area contributed by atoms with Crippen LogP contribution in [0.5, 0.6) is 0 Å². The molecule has 0 aromatic carbocycles. The largest absolute Gasteiger partial charge is 0.472 e. The first-order chi connectivity index (χ1) is 45.8. The molecule has 0 aromatic rings. The highest BCUT2D eigenvalue weighted by Crippen LogP contribution is 2.43. The predicted molar refractivity (Wildman–Crippen MR) is 404 cm³/mol. The monoisotopic (exact) mass is 1320 g/mol. The van der Waals surface area contributed by atoms with Crippen molar-refractivity contribution in [1.29, 1.82) is 0 Å². The standard InChI is InChI=1S/C83H154NO8P/c1-3-5-7-9-11-13-15-17-19-21-23-25-27-29-31-33-35-37-39-40-42-44-46-48-50-52-54-56-58-60-62-64-66-68-70-72-74-76-83(86)92-81(80-91-93(87,88)90-78-77-84)79-89-82(85)75-73-71-69-67-65-63-61-59-57-55-53-51-49-47-45-43-41-38-36-34-32-30-28-26-24-22-20-18-16-14-12-10-8-6-4-2/h5,7,11,13,16-19,22-25,81H,3-4,6,8-10,12,14-15,20-21,26-80,84H2,1-2H3,(H,87,88)/b7-5-,13-11-,18-16-,19-17-,24-22-,25-23-. The van der Waals surface area contributed by atoms with E-state index in [1.807, 2.05) is 0 Å². The average molecular weight is 1330 g/mol. The molecule has 544 valence electrons. The lowest BCUT2D eigenvalue weighted by Gasteiger charge is -2.19. The summed E-state index contributed by atoms with van der Waals surface area (Å²) in [5, 5.41) is 0. The molecule has 0 fully saturated rings. The maximum Gasteiger partial charge on any atom is 0.472 e. The van der Waals surface area contributed by atoms with E-state index in [4.69, 9.17) is 24.3 Å². The fourth-order valence-corrected chi connectivity index (χ4v) is 12.9. The Labute approximate surface area is 577 Å². The number of unbranched alkanes of at least 4 members (excludes halogenated alkanes) is 52. The van der Waals surface area contributed by atoms with Gasteiger partial charge in [0.25, 0.3) is 0 Å². The second-order valence-corrected chi connectivity index (χ2v) is 28.7. The van der Waals surface area contributed by atoms with Crippen molar-refractivity contribution in [2.24, 2.45) is 5.73 Å².